The number of pyridine rings is 1. The van der Waals surface area contributed by atoms with Crippen LogP contribution in [-0.4, -0.2) is 11.6 Å². The van der Waals surface area contributed by atoms with Crippen molar-refractivity contribution in [3.63, 3.8) is 0 Å². The average Bonchev–Trinajstić information content (AvgIpc) is 2.09. The third-order valence-corrected chi connectivity index (χ3v) is 1.68. The van der Waals surface area contributed by atoms with Crippen molar-refractivity contribution in [1.82, 2.24) is 4.98 Å². The molecule has 0 unspecified atom stereocenters. The fraction of sp³-hybridized carbons (Fsp3) is 0.300. The lowest BCUT2D eigenvalue weighted by Crippen LogP contribution is -1.99. The molecule has 0 spiro atoms. The lowest BCUT2D eigenvalue weighted by Gasteiger charge is -2.07. The smallest absolute Gasteiger partial charge is 0.0932 e. The van der Waals surface area contributed by atoms with Gasteiger partial charge in [-0.2, -0.15) is 0 Å². The fourth-order valence-corrected chi connectivity index (χ4v) is 1.06. The SMILES string of the molecule is C=C(Cc1ccncc1N)OCC. The minimum atomic E-state index is 0.643. The third kappa shape index (κ3) is 2.78. The Morgan fingerprint density at radius 3 is 3.08 bits per heavy atom. The Morgan fingerprint density at radius 1 is 1.69 bits per heavy atom. The molecule has 0 aliphatic rings. The number of rotatable bonds is 4. The zero-order valence-corrected chi connectivity index (χ0v) is 7.79. The molecule has 1 aromatic rings. The van der Waals surface area contributed by atoms with E-state index >= 15 is 0 Å². The largest absolute Gasteiger partial charge is 0.498 e. The molecule has 70 valence electrons. The highest BCUT2D eigenvalue weighted by Gasteiger charge is 2.00. The Labute approximate surface area is 78.2 Å². The quantitative estimate of drug-likeness (QED) is 0.714. The zero-order chi connectivity index (χ0) is 9.68. The van der Waals surface area contributed by atoms with Crippen molar-refractivity contribution in [3.8, 4) is 0 Å². The molecular weight excluding hydrogens is 164 g/mol. The first kappa shape index (κ1) is 9.58. The minimum Gasteiger partial charge on any atom is -0.498 e. The summed E-state index contributed by atoms with van der Waals surface area (Å²) in [7, 11) is 0. The second kappa shape index (κ2) is 4.50. The second-order valence-corrected chi connectivity index (χ2v) is 2.72. The molecule has 3 nitrogen and oxygen atoms in total. The molecule has 3 heteroatoms. The van der Waals surface area contributed by atoms with Gasteiger partial charge in [0, 0.05) is 12.6 Å². The maximum absolute atomic E-state index is 5.71. The molecule has 0 aliphatic carbocycles. The van der Waals surface area contributed by atoms with E-state index in [1.54, 1.807) is 12.4 Å². The summed E-state index contributed by atoms with van der Waals surface area (Å²) in [4.78, 5) is 3.90. The van der Waals surface area contributed by atoms with Crippen molar-refractivity contribution in [2.75, 3.05) is 12.3 Å². The molecule has 0 radical (unpaired) electrons. The van der Waals surface area contributed by atoms with Gasteiger partial charge in [0.15, 0.2) is 0 Å². The Hall–Kier alpha value is -1.51. The van der Waals surface area contributed by atoms with Crippen molar-refractivity contribution < 1.29 is 4.74 Å². The number of nitrogens with zero attached hydrogens (tertiary/aromatic N) is 1. The van der Waals surface area contributed by atoms with Gasteiger partial charge in [0.05, 0.1) is 24.3 Å². The molecule has 2 N–H and O–H groups in total. The van der Waals surface area contributed by atoms with Crippen LogP contribution in [0.2, 0.25) is 0 Å². The van der Waals surface area contributed by atoms with Crippen molar-refractivity contribution in [3.05, 3.63) is 36.4 Å². The van der Waals surface area contributed by atoms with Gasteiger partial charge in [0.2, 0.25) is 0 Å². The van der Waals surface area contributed by atoms with Crippen LogP contribution >= 0.6 is 0 Å². The van der Waals surface area contributed by atoms with Crippen molar-refractivity contribution >= 4 is 5.69 Å². The van der Waals surface area contributed by atoms with E-state index in [1.165, 1.54) is 0 Å². The van der Waals surface area contributed by atoms with Crippen LogP contribution in [0.4, 0.5) is 5.69 Å². The summed E-state index contributed by atoms with van der Waals surface area (Å²) in [5.74, 6) is 0.736. The number of allylic oxidation sites excluding steroid dienone is 1. The second-order valence-electron chi connectivity index (χ2n) is 2.72. The molecule has 1 heterocycles. The van der Waals surface area contributed by atoms with E-state index in [4.69, 9.17) is 10.5 Å². The number of aromatic nitrogens is 1. The van der Waals surface area contributed by atoms with E-state index in [0.717, 1.165) is 11.3 Å². The van der Waals surface area contributed by atoms with Gasteiger partial charge in [0.1, 0.15) is 0 Å². The molecule has 0 amide bonds. The lowest BCUT2D eigenvalue weighted by molar-refractivity contribution is 0.225. The van der Waals surface area contributed by atoms with Crippen LogP contribution in [0.15, 0.2) is 30.8 Å². The van der Waals surface area contributed by atoms with Gasteiger partial charge in [-0.05, 0) is 18.6 Å². The number of hydrogen-bond donors (Lipinski definition) is 1. The van der Waals surface area contributed by atoms with Crippen LogP contribution in [0.1, 0.15) is 12.5 Å². The van der Waals surface area contributed by atoms with Crippen molar-refractivity contribution in [1.29, 1.82) is 0 Å². The Bertz CT molecular complexity index is 297. The summed E-state index contributed by atoms with van der Waals surface area (Å²) in [6.07, 6.45) is 4.00. The van der Waals surface area contributed by atoms with Crippen LogP contribution in [0.5, 0.6) is 0 Å². The van der Waals surface area contributed by atoms with Gasteiger partial charge in [-0.3, -0.25) is 4.98 Å². The standard InChI is InChI=1S/C10H14N2O/c1-3-13-8(2)6-9-4-5-12-7-10(9)11/h4-5,7H,2-3,6,11H2,1H3. The number of nitrogens with two attached hydrogens (primary N) is 1. The van der Waals surface area contributed by atoms with E-state index in [-0.39, 0.29) is 0 Å². The number of hydrogen-bond acceptors (Lipinski definition) is 3. The highest BCUT2D eigenvalue weighted by molar-refractivity contribution is 5.45. The molecule has 0 aromatic carbocycles. The molecule has 1 rings (SSSR count). The van der Waals surface area contributed by atoms with Crippen molar-refractivity contribution in [2.24, 2.45) is 0 Å². The van der Waals surface area contributed by atoms with Crippen LogP contribution in [-0.2, 0) is 11.2 Å². The van der Waals surface area contributed by atoms with Gasteiger partial charge in [0.25, 0.3) is 0 Å². The maximum Gasteiger partial charge on any atom is 0.0932 e. The fourth-order valence-electron chi connectivity index (χ4n) is 1.06. The summed E-state index contributed by atoms with van der Waals surface area (Å²) in [5, 5.41) is 0. The summed E-state index contributed by atoms with van der Waals surface area (Å²) >= 11 is 0. The Morgan fingerprint density at radius 2 is 2.46 bits per heavy atom. The van der Waals surface area contributed by atoms with E-state index in [9.17, 15) is 0 Å². The molecule has 13 heavy (non-hydrogen) atoms. The Balaban J connectivity index is 2.63. The third-order valence-electron chi connectivity index (χ3n) is 1.68. The van der Waals surface area contributed by atoms with Gasteiger partial charge in [-0.25, -0.2) is 0 Å². The molecule has 0 fully saturated rings. The summed E-state index contributed by atoms with van der Waals surface area (Å²) < 4.78 is 5.23. The molecular formula is C10H14N2O. The van der Waals surface area contributed by atoms with Gasteiger partial charge in [-0.15, -0.1) is 0 Å². The monoisotopic (exact) mass is 178 g/mol. The first-order chi connectivity index (χ1) is 6.24. The predicted molar refractivity (Wildman–Crippen MR) is 53.1 cm³/mol. The molecule has 0 saturated carbocycles. The van der Waals surface area contributed by atoms with Gasteiger partial charge < -0.3 is 10.5 Å². The van der Waals surface area contributed by atoms with E-state index in [0.29, 0.717) is 18.7 Å². The summed E-state index contributed by atoms with van der Waals surface area (Å²) in [6.45, 7) is 6.36. The van der Waals surface area contributed by atoms with Crippen LogP contribution in [0.25, 0.3) is 0 Å². The molecule has 0 aliphatic heterocycles. The number of ether oxygens (including phenoxy) is 1. The Kier molecular flexibility index (Phi) is 3.31. The summed E-state index contributed by atoms with van der Waals surface area (Å²) in [6, 6.07) is 1.87. The van der Waals surface area contributed by atoms with Crippen LogP contribution in [0.3, 0.4) is 0 Å². The highest BCUT2D eigenvalue weighted by Crippen LogP contribution is 2.13. The van der Waals surface area contributed by atoms with Crippen LogP contribution in [0, 0.1) is 0 Å². The minimum absolute atomic E-state index is 0.643. The molecule has 0 saturated heterocycles. The van der Waals surface area contributed by atoms with Gasteiger partial charge >= 0.3 is 0 Å². The van der Waals surface area contributed by atoms with E-state index in [1.807, 2.05) is 13.0 Å². The predicted octanol–water partition coefficient (Wildman–Crippen LogP) is 1.76. The van der Waals surface area contributed by atoms with E-state index < -0.39 is 0 Å². The number of nitrogen functional groups attached to an aromatic ring is 1. The van der Waals surface area contributed by atoms with Crippen molar-refractivity contribution in [2.45, 2.75) is 13.3 Å². The normalized spacial score (nSPS) is 9.62. The van der Waals surface area contributed by atoms with E-state index in [2.05, 4.69) is 11.6 Å². The first-order valence-corrected chi connectivity index (χ1v) is 4.23. The molecule has 0 bridgehead atoms. The highest BCUT2D eigenvalue weighted by atomic mass is 16.5. The zero-order valence-electron chi connectivity index (χ0n) is 7.79. The number of anilines is 1. The first-order valence-electron chi connectivity index (χ1n) is 4.23. The maximum atomic E-state index is 5.71. The van der Waals surface area contributed by atoms with Gasteiger partial charge in [-0.1, -0.05) is 6.58 Å². The summed E-state index contributed by atoms with van der Waals surface area (Å²) in [5.41, 5.74) is 7.40. The lowest BCUT2D eigenvalue weighted by atomic mass is 10.1. The molecule has 0 atom stereocenters. The topological polar surface area (TPSA) is 48.1 Å². The van der Waals surface area contributed by atoms with Crippen LogP contribution < -0.4 is 5.73 Å². The molecule has 1 aromatic heterocycles. The average molecular weight is 178 g/mol.